The van der Waals surface area contributed by atoms with Crippen LogP contribution in [0.2, 0.25) is 0 Å². The number of benzene rings is 1. The molecule has 0 aromatic heterocycles. The van der Waals surface area contributed by atoms with Crippen LogP contribution in [0.1, 0.15) is 38.0 Å². The fourth-order valence-corrected chi connectivity index (χ4v) is 1.72. The number of ether oxygens (including phenoxy) is 1. The number of aliphatic carboxylic acids is 1. The van der Waals surface area contributed by atoms with Gasteiger partial charge in [0, 0.05) is 5.88 Å². The SMILES string of the molecule is CC(C)(C)c1ccc(C(OCCCl)C(=O)O)cc1. The molecule has 0 saturated heterocycles. The third-order valence-corrected chi connectivity index (χ3v) is 2.82. The van der Waals surface area contributed by atoms with Crippen molar-refractivity contribution in [1.82, 2.24) is 0 Å². The monoisotopic (exact) mass is 270 g/mol. The minimum Gasteiger partial charge on any atom is -0.479 e. The van der Waals surface area contributed by atoms with E-state index in [4.69, 9.17) is 21.4 Å². The molecule has 1 rings (SSSR count). The van der Waals surface area contributed by atoms with Gasteiger partial charge in [-0.3, -0.25) is 0 Å². The van der Waals surface area contributed by atoms with Crippen molar-refractivity contribution in [2.45, 2.75) is 32.3 Å². The van der Waals surface area contributed by atoms with Gasteiger partial charge in [-0.1, -0.05) is 45.0 Å². The molecule has 100 valence electrons. The van der Waals surface area contributed by atoms with Gasteiger partial charge in [0.05, 0.1) is 6.61 Å². The molecule has 0 amide bonds. The molecule has 1 aromatic rings. The van der Waals surface area contributed by atoms with E-state index >= 15 is 0 Å². The normalized spacial score (nSPS) is 13.3. The maximum atomic E-state index is 11.1. The van der Waals surface area contributed by atoms with Crippen molar-refractivity contribution in [2.75, 3.05) is 12.5 Å². The summed E-state index contributed by atoms with van der Waals surface area (Å²) in [4.78, 5) is 11.1. The van der Waals surface area contributed by atoms with Crippen LogP contribution < -0.4 is 0 Å². The Balaban J connectivity index is 2.90. The second kappa shape index (κ2) is 6.21. The van der Waals surface area contributed by atoms with E-state index in [9.17, 15) is 4.79 Å². The van der Waals surface area contributed by atoms with E-state index in [0.29, 0.717) is 5.56 Å². The Morgan fingerprint density at radius 3 is 2.28 bits per heavy atom. The third-order valence-electron chi connectivity index (χ3n) is 2.67. The van der Waals surface area contributed by atoms with E-state index in [-0.39, 0.29) is 17.9 Å². The summed E-state index contributed by atoms with van der Waals surface area (Å²) in [7, 11) is 0. The highest BCUT2D eigenvalue weighted by molar-refractivity contribution is 6.17. The third kappa shape index (κ3) is 4.00. The molecule has 0 saturated carbocycles. The molecule has 4 heteroatoms. The summed E-state index contributed by atoms with van der Waals surface area (Å²) < 4.78 is 5.23. The lowest BCUT2D eigenvalue weighted by Gasteiger charge is -2.20. The molecular weight excluding hydrogens is 252 g/mol. The number of hydrogen-bond acceptors (Lipinski definition) is 2. The average molecular weight is 271 g/mol. The van der Waals surface area contributed by atoms with E-state index in [0.717, 1.165) is 5.56 Å². The van der Waals surface area contributed by atoms with Crippen LogP contribution in [0, 0.1) is 0 Å². The molecule has 18 heavy (non-hydrogen) atoms. The van der Waals surface area contributed by atoms with Gasteiger partial charge >= 0.3 is 5.97 Å². The minimum atomic E-state index is -0.997. The highest BCUT2D eigenvalue weighted by Gasteiger charge is 2.21. The highest BCUT2D eigenvalue weighted by atomic mass is 35.5. The first-order chi connectivity index (χ1) is 8.36. The summed E-state index contributed by atoms with van der Waals surface area (Å²) in [6.45, 7) is 6.56. The Hall–Kier alpha value is -1.06. The van der Waals surface area contributed by atoms with E-state index in [2.05, 4.69) is 20.8 Å². The number of alkyl halides is 1. The molecule has 0 bridgehead atoms. The Kier molecular flexibility index (Phi) is 5.17. The van der Waals surface area contributed by atoms with Gasteiger partial charge in [-0.05, 0) is 16.5 Å². The zero-order valence-corrected chi connectivity index (χ0v) is 11.7. The lowest BCUT2D eigenvalue weighted by molar-refractivity contribution is -0.150. The first kappa shape index (κ1) is 15.0. The van der Waals surface area contributed by atoms with Crippen LogP contribution in [0.4, 0.5) is 0 Å². The molecule has 1 atom stereocenters. The van der Waals surface area contributed by atoms with Gasteiger partial charge in [0.25, 0.3) is 0 Å². The number of carboxylic acid groups (broad SMARTS) is 1. The number of carbonyl (C=O) groups is 1. The summed E-state index contributed by atoms with van der Waals surface area (Å²) >= 11 is 5.50. The van der Waals surface area contributed by atoms with E-state index in [1.54, 1.807) is 12.1 Å². The van der Waals surface area contributed by atoms with Crippen molar-refractivity contribution in [2.24, 2.45) is 0 Å². The lowest BCUT2D eigenvalue weighted by atomic mass is 9.86. The summed E-state index contributed by atoms with van der Waals surface area (Å²) in [5.74, 6) is -0.715. The Bertz CT molecular complexity index is 392. The Morgan fingerprint density at radius 2 is 1.89 bits per heavy atom. The maximum absolute atomic E-state index is 11.1. The van der Waals surface area contributed by atoms with Gasteiger partial charge in [-0.25, -0.2) is 4.79 Å². The van der Waals surface area contributed by atoms with Gasteiger partial charge in [-0.15, -0.1) is 11.6 Å². The summed E-state index contributed by atoms with van der Waals surface area (Å²) in [5.41, 5.74) is 1.85. The lowest BCUT2D eigenvalue weighted by Crippen LogP contribution is -2.17. The molecule has 0 spiro atoms. The molecule has 1 unspecified atom stereocenters. The van der Waals surface area contributed by atoms with Crippen molar-refractivity contribution in [3.05, 3.63) is 35.4 Å². The molecule has 0 aliphatic carbocycles. The minimum absolute atomic E-state index is 0.0498. The Labute approximate surface area is 113 Å². The molecular formula is C14H19ClO3. The van der Waals surface area contributed by atoms with Gasteiger partial charge in [0.2, 0.25) is 0 Å². The van der Waals surface area contributed by atoms with Crippen LogP contribution in [-0.4, -0.2) is 23.6 Å². The van der Waals surface area contributed by atoms with Crippen LogP contribution in [0.25, 0.3) is 0 Å². The molecule has 1 aromatic carbocycles. The number of hydrogen-bond donors (Lipinski definition) is 1. The summed E-state index contributed by atoms with van der Waals surface area (Å²) in [6, 6.07) is 7.48. The van der Waals surface area contributed by atoms with Crippen molar-refractivity contribution >= 4 is 17.6 Å². The first-order valence-corrected chi connectivity index (χ1v) is 6.40. The summed E-state index contributed by atoms with van der Waals surface area (Å²) in [5, 5.41) is 9.11. The van der Waals surface area contributed by atoms with Crippen molar-refractivity contribution in [3.8, 4) is 0 Å². The van der Waals surface area contributed by atoms with Crippen molar-refractivity contribution in [1.29, 1.82) is 0 Å². The summed E-state index contributed by atoms with van der Waals surface area (Å²) in [6.07, 6.45) is -0.947. The van der Waals surface area contributed by atoms with Gasteiger partial charge in [0.15, 0.2) is 6.10 Å². The molecule has 0 radical (unpaired) electrons. The van der Waals surface area contributed by atoms with E-state index in [1.165, 1.54) is 0 Å². The number of rotatable bonds is 5. The second-order valence-electron chi connectivity index (χ2n) is 5.15. The fraction of sp³-hybridized carbons (Fsp3) is 0.500. The molecule has 1 N–H and O–H groups in total. The van der Waals surface area contributed by atoms with Crippen LogP contribution >= 0.6 is 11.6 Å². The fourth-order valence-electron chi connectivity index (χ4n) is 1.63. The molecule has 0 aliphatic rings. The number of carboxylic acids is 1. The van der Waals surface area contributed by atoms with Crippen molar-refractivity contribution in [3.63, 3.8) is 0 Å². The zero-order chi connectivity index (χ0) is 13.8. The Morgan fingerprint density at radius 1 is 1.33 bits per heavy atom. The highest BCUT2D eigenvalue weighted by Crippen LogP contribution is 2.25. The largest absolute Gasteiger partial charge is 0.479 e. The number of halogens is 1. The molecule has 3 nitrogen and oxygen atoms in total. The van der Waals surface area contributed by atoms with Crippen molar-refractivity contribution < 1.29 is 14.6 Å². The van der Waals surface area contributed by atoms with Gasteiger partial charge in [0.1, 0.15) is 0 Å². The van der Waals surface area contributed by atoms with Crippen LogP contribution in [-0.2, 0) is 14.9 Å². The van der Waals surface area contributed by atoms with Crippen LogP contribution in [0.15, 0.2) is 24.3 Å². The first-order valence-electron chi connectivity index (χ1n) is 5.87. The van der Waals surface area contributed by atoms with Crippen LogP contribution in [0.3, 0.4) is 0 Å². The smallest absolute Gasteiger partial charge is 0.337 e. The standard InChI is InChI=1S/C14H19ClO3/c1-14(2,3)11-6-4-10(5-7-11)12(13(16)17)18-9-8-15/h4-7,12H,8-9H2,1-3H3,(H,16,17). The van der Waals surface area contributed by atoms with Gasteiger partial charge in [-0.2, -0.15) is 0 Å². The predicted molar refractivity (Wildman–Crippen MR) is 72.2 cm³/mol. The van der Waals surface area contributed by atoms with E-state index < -0.39 is 12.1 Å². The zero-order valence-electron chi connectivity index (χ0n) is 10.9. The quantitative estimate of drug-likeness (QED) is 0.835. The molecule has 0 aliphatic heterocycles. The average Bonchev–Trinajstić information content (AvgIpc) is 2.28. The predicted octanol–water partition coefficient (Wildman–Crippen LogP) is 3.37. The second-order valence-corrected chi connectivity index (χ2v) is 5.53. The van der Waals surface area contributed by atoms with E-state index in [1.807, 2.05) is 12.1 Å². The topological polar surface area (TPSA) is 46.5 Å². The maximum Gasteiger partial charge on any atom is 0.337 e. The van der Waals surface area contributed by atoms with Gasteiger partial charge < -0.3 is 9.84 Å². The molecule has 0 fully saturated rings. The molecule has 0 heterocycles. The van der Waals surface area contributed by atoms with Crippen LogP contribution in [0.5, 0.6) is 0 Å².